The van der Waals surface area contributed by atoms with Crippen molar-refractivity contribution in [2.75, 3.05) is 26.2 Å². The van der Waals surface area contributed by atoms with Crippen LogP contribution in [0, 0.1) is 0 Å². The third-order valence-electron chi connectivity index (χ3n) is 5.48. The summed E-state index contributed by atoms with van der Waals surface area (Å²) in [7, 11) is 0. The maximum Gasteiger partial charge on any atom is 0.169 e. The monoisotopic (exact) mass is 401 g/mol. The van der Waals surface area contributed by atoms with Gasteiger partial charge >= 0.3 is 0 Å². The molecule has 0 atom stereocenters. The Bertz CT molecular complexity index is 852. The molecule has 0 radical (unpaired) electrons. The molecule has 29 heavy (non-hydrogen) atoms. The van der Waals surface area contributed by atoms with Crippen LogP contribution in [0.15, 0.2) is 91.0 Å². The third kappa shape index (κ3) is 5.03. The topological polar surface area (TPSA) is 18.5 Å². The maximum absolute atomic E-state index is 5.66. The highest BCUT2D eigenvalue weighted by Gasteiger charge is 2.27. The molecule has 1 heterocycles. The number of benzene rings is 3. The number of nitrogens with one attached hydrogen (secondary N) is 1. The van der Waals surface area contributed by atoms with Gasteiger partial charge in [0.2, 0.25) is 0 Å². The van der Waals surface area contributed by atoms with Crippen molar-refractivity contribution in [2.45, 2.75) is 12.6 Å². The minimum Gasteiger partial charge on any atom is -0.358 e. The number of hydrogen-bond acceptors (Lipinski definition) is 2. The van der Waals surface area contributed by atoms with Crippen molar-refractivity contribution in [3.8, 4) is 0 Å². The Morgan fingerprint density at radius 3 is 1.72 bits per heavy atom. The van der Waals surface area contributed by atoms with Gasteiger partial charge in [0.1, 0.15) is 0 Å². The van der Waals surface area contributed by atoms with Crippen LogP contribution < -0.4 is 5.32 Å². The van der Waals surface area contributed by atoms with Gasteiger partial charge in [0, 0.05) is 32.7 Å². The number of nitrogens with zero attached hydrogens (tertiary/aromatic N) is 2. The highest BCUT2D eigenvalue weighted by Crippen LogP contribution is 2.29. The second-order valence-electron chi connectivity index (χ2n) is 7.39. The molecule has 1 saturated heterocycles. The molecule has 0 amide bonds. The summed E-state index contributed by atoms with van der Waals surface area (Å²) in [5, 5.41) is 4.27. The lowest BCUT2D eigenvalue weighted by Gasteiger charge is -2.40. The van der Waals surface area contributed by atoms with E-state index in [0.717, 1.165) is 37.8 Å². The van der Waals surface area contributed by atoms with Gasteiger partial charge in [-0.3, -0.25) is 4.90 Å². The fourth-order valence-corrected chi connectivity index (χ4v) is 4.21. The maximum atomic E-state index is 5.66. The first-order valence-electron chi connectivity index (χ1n) is 10.2. The van der Waals surface area contributed by atoms with Crippen LogP contribution in [0.4, 0.5) is 0 Å². The largest absolute Gasteiger partial charge is 0.358 e. The molecule has 3 aromatic rings. The van der Waals surface area contributed by atoms with Crippen LogP contribution in [-0.4, -0.2) is 41.1 Å². The lowest BCUT2D eigenvalue weighted by molar-refractivity contribution is 0.149. The molecule has 0 spiro atoms. The number of rotatable bonds is 5. The standard InChI is InChI=1S/C25H27N3S/c29-25(26-20-21-10-4-1-5-11-21)28-18-16-27(17-19-28)24(22-12-6-2-7-13-22)23-14-8-3-9-15-23/h1-15,24H,16-20H2,(H,26,29). The van der Waals surface area contributed by atoms with E-state index in [1.54, 1.807) is 0 Å². The van der Waals surface area contributed by atoms with Crippen LogP contribution in [0.1, 0.15) is 22.7 Å². The lowest BCUT2D eigenvalue weighted by Crippen LogP contribution is -2.52. The Morgan fingerprint density at radius 1 is 0.724 bits per heavy atom. The highest BCUT2D eigenvalue weighted by molar-refractivity contribution is 7.80. The first-order chi connectivity index (χ1) is 14.3. The number of piperazine rings is 1. The predicted molar refractivity (Wildman–Crippen MR) is 124 cm³/mol. The van der Waals surface area contributed by atoms with Gasteiger partial charge in [0.05, 0.1) is 6.04 Å². The molecule has 3 nitrogen and oxygen atoms in total. The van der Waals surface area contributed by atoms with Gasteiger partial charge in [-0.2, -0.15) is 0 Å². The van der Waals surface area contributed by atoms with E-state index in [4.69, 9.17) is 12.2 Å². The molecular weight excluding hydrogens is 374 g/mol. The van der Waals surface area contributed by atoms with E-state index in [9.17, 15) is 0 Å². The van der Waals surface area contributed by atoms with E-state index in [1.165, 1.54) is 16.7 Å². The SMILES string of the molecule is S=C(NCc1ccccc1)N1CCN(C(c2ccccc2)c2ccccc2)CC1. The van der Waals surface area contributed by atoms with E-state index in [-0.39, 0.29) is 6.04 Å². The summed E-state index contributed by atoms with van der Waals surface area (Å²) in [6.07, 6.45) is 0. The van der Waals surface area contributed by atoms with Crippen molar-refractivity contribution >= 4 is 17.3 Å². The van der Waals surface area contributed by atoms with Crippen molar-refractivity contribution in [3.63, 3.8) is 0 Å². The van der Waals surface area contributed by atoms with E-state index < -0.39 is 0 Å². The van der Waals surface area contributed by atoms with Crippen molar-refractivity contribution < 1.29 is 0 Å². The summed E-state index contributed by atoms with van der Waals surface area (Å²) < 4.78 is 0. The van der Waals surface area contributed by atoms with Gasteiger partial charge in [0.25, 0.3) is 0 Å². The fourth-order valence-electron chi connectivity index (χ4n) is 3.95. The van der Waals surface area contributed by atoms with Crippen LogP contribution in [-0.2, 0) is 6.54 Å². The summed E-state index contributed by atoms with van der Waals surface area (Å²) in [6, 6.07) is 32.3. The molecule has 1 N–H and O–H groups in total. The zero-order valence-electron chi connectivity index (χ0n) is 16.6. The minimum absolute atomic E-state index is 0.283. The Kier molecular flexibility index (Phi) is 6.55. The van der Waals surface area contributed by atoms with Crippen molar-refractivity contribution in [3.05, 3.63) is 108 Å². The number of hydrogen-bond donors (Lipinski definition) is 1. The second kappa shape index (κ2) is 9.68. The average molecular weight is 402 g/mol. The van der Waals surface area contributed by atoms with Crippen LogP contribution in [0.5, 0.6) is 0 Å². The minimum atomic E-state index is 0.283. The van der Waals surface area contributed by atoms with Gasteiger partial charge in [-0.25, -0.2) is 0 Å². The summed E-state index contributed by atoms with van der Waals surface area (Å²) in [5.74, 6) is 0. The quantitative estimate of drug-likeness (QED) is 0.636. The van der Waals surface area contributed by atoms with Crippen LogP contribution in [0.2, 0.25) is 0 Å². The Morgan fingerprint density at radius 2 is 1.21 bits per heavy atom. The van der Waals surface area contributed by atoms with Crippen molar-refractivity contribution in [2.24, 2.45) is 0 Å². The zero-order valence-corrected chi connectivity index (χ0v) is 17.4. The molecule has 0 unspecified atom stereocenters. The van der Waals surface area contributed by atoms with Gasteiger partial charge in [0.15, 0.2) is 5.11 Å². The predicted octanol–water partition coefficient (Wildman–Crippen LogP) is 4.47. The molecule has 148 valence electrons. The Hall–Kier alpha value is -2.69. The van der Waals surface area contributed by atoms with E-state index in [2.05, 4.69) is 100 Å². The molecule has 1 aliphatic heterocycles. The summed E-state index contributed by atoms with van der Waals surface area (Å²) >= 11 is 5.66. The van der Waals surface area contributed by atoms with Gasteiger partial charge in [-0.1, -0.05) is 91.0 Å². The van der Waals surface area contributed by atoms with Gasteiger partial charge in [-0.15, -0.1) is 0 Å². The van der Waals surface area contributed by atoms with E-state index >= 15 is 0 Å². The van der Waals surface area contributed by atoms with E-state index in [0.29, 0.717) is 0 Å². The number of thiocarbonyl (C=S) groups is 1. The highest BCUT2D eigenvalue weighted by atomic mass is 32.1. The smallest absolute Gasteiger partial charge is 0.169 e. The summed E-state index contributed by atoms with van der Waals surface area (Å²) in [6.45, 7) is 4.63. The first-order valence-corrected chi connectivity index (χ1v) is 10.6. The lowest BCUT2D eigenvalue weighted by atomic mass is 9.96. The zero-order chi connectivity index (χ0) is 19.9. The molecule has 4 rings (SSSR count). The van der Waals surface area contributed by atoms with Crippen LogP contribution in [0.25, 0.3) is 0 Å². The molecule has 3 aromatic carbocycles. The van der Waals surface area contributed by atoms with Gasteiger partial charge < -0.3 is 10.2 Å². The van der Waals surface area contributed by atoms with Gasteiger partial charge in [-0.05, 0) is 28.9 Å². The normalized spacial score (nSPS) is 14.7. The molecule has 0 aromatic heterocycles. The molecular formula is C25H27N3S. The molecule has 1 fully saturated rings. The van der Waals surface area contributed by atoms with Crippen LogP contribution >= 0.6 is 12.2 Å². The Labute approximate surface area is 179 Å². The summed E-state index contributed by atoms with van der Waals surface area (Å²) in [4.78, 5) is 4.86. The first kappa shape index (κ1) is 19.6. The molecule has 0 aliphatic carbocycles. The van der Waals surface area contributed by atoms with Crippen molar-refractivity contribution in [1.82, 2.24) is 15.1 Å². The molecule has 1 aliphatic rings. The molecule has 0 saturated carbocycles. The Balaban J connectivity index is 1.40. The molecule has 0 bridgehead atoms. The van der Waals surface area contributed by atoms with E-state index in [1.807, 2.05) is 6.07 Å². The summed E-state index contributed by atoms with van der Waals surface area (Å²) in [5.41, 5.74) is 3.94. The van der Waals surface area contributed by atoms with Crippen molar-refractivity contribution in [1.29, 1.82) is 0 Å². The third-order valence-corrected chi connectivity index (χ3v) is 5.89. The van der Waals surface area contributed by atoms with Crippen LogP contribution in [0.3, 0.4) is 0 Å². The fraction of sp³-hybridized carbons (Fsp3) is 0.240. The average Bonchev–Trinajstić information content (AvgIpc) is 2.80. The second-order valence-corrected chi connectivity index (χ2v) is 7.78. The molecule has 4 heteroatoms.